The summed E-state index contributed by atoms with van der Waals surface area (Å²) in [6, 6.07) is 64.4. The number of benzene rings is 6. The maximum absolute atomic E-state index is 12.0. The van der Waals surface area contributed by atoms with E-state index >= 15 is 0 Å². The first-order chi connectivity index (χ1) is 23.5. The van der Waals surface area contributed by atoms with Gasteiger partial charge in [-0.15, -0.1) is 59.3 Å². The summed E-state index contributed by atoms with van der Waals surface area (Å²) in [6.45, 7) is 3.06. The molecule has 0 unspecified atom stereocenters. The Labute approximate surface area is 298 Å². The van der Waals surface area contributed by atoms with Crippen LogP contribution in [-0.4, -0.2) is 17.1 Å². The van der Waals surface area contributed by atoms with Crippen molar-refractivity contribution in [3.8, 4) is 11.5 Å². The van der Waals surface area contributed by atoms with Crippen molar-refractivity contribution in [2.75, 3.05) is 0 Å². The molecule has 8 aromatic carbocycles. The van der Waals surface area contributed by atoms with E-state index < -0.39 is 0 Å². The Kier molecular flexibility index (Phi) is 20.6. The average molecular weight is 728 g/mol. The number of phenolic OH excluding ortho intramolecular Hbond substituents is 2. The quantitative estimate of drug-likeness (QED) is 0.121. The summed E-state index contributed by atoms with van der Waals surface area (Å²) < 4.78 is 24.0. The van der Waals surface area contributed by atoms with Crippen molar-refractivity contribution in [2.45, 2.75) is 0 Å². The van der Waals surface area contributed by atoms with Crippen LogP contribution in [0, 0.1) is 23.8 Å². The van der Waals surface area contributed by atoms with Gasteiger partial charge in [-0.05, 0) is 48.5 Å². The zero-order chi connectivity index (χ0) is 34.7. The summed E-state index contributed by atoms with van der Waals surface area (Å²) in [5.74, 6) is -0.483. The van der Waals surface area contributed by atoms with Crippen LogP contribution in [-0.2, 0) is 23.3 Å². The molecule has 2 radical (unpaired) electrons. The molecule has 8 rings (SSSR count). The summed E-state index contributed by atoms with van der Waals surface area (Å²) in [5.41, 5.74) is 0. The first-order valence-corrected chi connectivity index (χ1v) is 18.9. The number of hydrogen-bond donors (Lipinski definition) is 2. The molecule has 0 aliphatic rings. The van der Waals surface area contributed by atoms with Crippen LogP contribution in [0.5, 0.6) is 11.5 Å². The van der Waals surface area contributed by atoms with Crippen LogP contribution >= 0.6 is 0 Å². The fourth-order valence-electron chi connectivity index (χ4n) is 3.71. The molecule has 0 fully saturated rings. The number of fused-ring (bicyclic) bond motifs is 2. The Morgan fingerprint density at radius 2 is 0.771 bits per heavy atom. The zero-order valence-corrected chi connectivity index (χ0v) is 29.6. The molecule has 48 heavy (non-hydrogen) atoms. The Morgan fingerprint density at radius 3 is 1.02 bits per heavy atom. The molecule has 0 aromatic heterocycles. The second kappa shape index (κ2) is 25.2. The first kappa shape index (κ1) is 39.3. The molecule has 0 saturated heterocycles. The summed E-state index contributed by atoms with van der Waals surface area (Å²) in [5, 5.41) is 22.5. The normalized spacial score (nSPS) is 8.94. The van der Waals surface area contributed by atoms with E-state index in [2.05, 4.69) is 104 Å². The van der Waals surface area contributed by atoms with Gasteiger partial charge in [-0.25, -0.2) is 8.78 Å². The van der Waals surface area contributed by atoms with E-state index in [4.69, 9.17) is 10.2 Å². The van der Waals surface area contributed by atoms with Gasteiger partial charge in [-0.3, -0.25) is 0 Å². The minimum atomic E-state index is -0.331. The van der Waals surface area contributed by atoms with Crippen LogP contribution in [0.2, 0.25) is 0 Å². The van der Waals surface area contributed by atoms with Gasteiger partial charge in [0.2, 0.25) is 0 Å². The van der Waals surface area contributed by atoms with Crippen LogP contribution in [0.4, 0.5) is 8.78 Å². The second-order valence-corrected chi connectivity index (χ2v) is 9.42. The van der Waals surface area contributed by atoms with E-state index in [1.807, 2.05) is 60.7 Å². The molecule has 6 heteroatoms. The predicted molar refractivity (Wildman–Crippen MR) is 192 cm³/mol. The maximum atomic E-state index is 12.0. The van der Waals surface area contributed by atoms with Gasteiger partial charge < -0.3 is 10.2 Å². The molecule has 0 spiro atoms. The van der Waals surface area contributed by atoms with Gasteiger partial charge in [0.25, 0.3) is 0 Å². The van der Waals surface area contributed by atoms with Gasteiger partial charge in [0.15, 0.2) is 0 Å². The maximum Gasteiger partial charge on any atom is -0.0809 e. The summed E-state index contributed by atoms with van der Waals surface area (Å²) >= 11 is 1.36. The van der Waals surface area contributed by atoms with Crippen LogP contribution in [0.25, 0.3) is 21.5 Å². The van der Waals surface area contributed by atoms with Gasteiger partial charge in [-0.1, -0.05) is 12.1 Å². The average Bonchev–Trinajstić information content (AvgIpc) is 3.85. The van der Waals surface area contributed by atoms with E-state index in [9.17, 15) is 8.78 Å². The van der Waals surface area contributed by atoms with E-state index in [0.717, 1.165) is 0 Å². The van der Waals surface area contributed by atoms with Gasteiger partial charge in [-0.2, -0.15) is 108 Å². The summed E-state index contributed by atoms with van der Waals surface area (Å²) in [4.78, 5) is 0. The van der Waals surface area contributed by atoms with Crippen LogP contribution in [0.15, 0.2) is 194 Å². The fourth-order valence-corrected chi connectivity index (χ4v) is 3.71. The number of halogens is 2. The van der Waals surface area contributed by atoms with Gasteiger partial charge in [0.05, 0.1) is 0 Å². The van der Waals surface area contributed by atoms with Crippen molar-refractivity contribution in [2.24, 2.45) is 0 Å². The molecular formula is C42H34F2O2SiZr-4. The molecule has 240 valence electrons. The minimum Gasteiger partial charge on any atom is -0.184 e. The Hall–Kier alpha value is -4.90. The third kappa shape index (κ3) is 17.7. The minimum absolute atomic E-state index is 0.0893. The Balaban J connectivity index is 0.000000199. The Bertz CT molecular complexity index is 1590. The SMILES string of the molecule is Oc1ccc(F)cc1.Oc1ccc(F)cc1.[Si]=[Zr].[c-]1ccccc1.[c-]1ccccc1.c1ccc2[cH-]ccc2c1.c1ccc2[cH-]ccc2c1. The summed E-state index contributed by atoms with van der Waals surface area (Å²) in [7, 11) is 0. The Morgan fingerprint density at radius 1 is 0.438 bits per heavy atom. The molecule has 0 bridgehead atoms. The molecule has 0 aliphatic carbocycles. The third-order valence-electron chi connectivity index (χ3n) is 5.96. The van der Waals surface area contributed by atoms with Crippen molar-refractivity contribution in [1.29, 1.82) is 0 Å². The topological polar surface area (TPSA) is 40.5 Å². The molecule has 0 saturated carbocycles. The van der Waals surface area contributed by atoms with Crippen LogP contribution in [0.3, 0.4) is 0 Å². The molecule has 0 aliphatic heterocycles. The van der Waals surface area contributed by atoms with Gasteiger partial charge in [0.1, 0.15) is 23.1 Å². The molecule has 8 aromatic rings. The molecule has 0 atom stereocenters. The largest absolute Gasteiger partial charge is 0.184 e. The number of aromatic hydroxyl groups is 2. The number of phenols is 2. The smallest absolute Gasteiger partial charge is 0.0809 e. The number of rotatable bonds is 0. The molecule has 0 amide bonds. The van der Waals surface area contributed by atoms with E-state index in [1.54, 1.807) is 0 Å². The van der Waals surface area contributed by atoms with Crippen molar-refractivity contribution in [1.82, 2.24) is 0 Å². The van der Waals surface area contributed by atoms with Crippen molar-refractivity contribution in [3.05, 3.63) is 218 Å². The van der Waals surface area contributed by atoms with E-state index in [0.29, 0.717) is 0 Å². The third-order valence-corrected chi connectivity index (χ3v) is 5.96. The van der Waals surface area contributed by atoms with Crippen LogP contribution in [0.1, 0.15) is 0 Å². The van der Waals surface area contributed by atoms with E-state index in [1.165, 1.54) is 93.4 Å². The predicted octanol–water partition coefficient (Wildman–Crippen LogP) is 10.8. The summed E-state index contributed by atoms with van der Waals surface area (Å²) in [6.07, 6.45) is 0. The van der Waals surface area contributed by atoms with Gasteiger partial charge >= 0.3 is 30.2 Å². The van der Waals surface area contributed by atoms with Crippen molar-refractivity contribution < 1.29 is 42.3 Å². The number of hydrogen-bond acceptors (Lipinski definition) is 2. The first-order valence-electron chi connectivity index (χ1n) is 14.7. The molecule has 0 heterocycles. The standard InChI is InChI=1S/2C9H7.2C6H5FO.2C6H5.Si.Zr/c2*1-2-5-9-7-3-6-8(9)4-1;2*7-5-1-3-6(8)4-2-5;2*1-2-4-6-5-3-1;;/h2*1-7H;2*1-4,8H;2*1-5H;;/q2*-1;;;2*-1;;. The second-order valence-electron chi connectivity index (χ2n) is 9.42. The molecule has 2 N–H and O–H groups in total. The van der Waals surface area contributed by atoms with E-state index in [-0.39, 0.29) is 23.1 Å². The monoisotopic (exact) mass is 726 g/mol. The van der Waals surface area contributed by atoms with Crippen molar-refractivity contribution >= 4 is 28.4 Å². The zero-order valence-electron chi connectivity index (χ0n) is 26.1. The van der Waals surface area contributed by atoms with Crippen molar-refractivity contribution in [3.63, 3.8) is 0 Å². The molecular weight excluding hydrogens is 694 g/mol. The van der Waals surface area contributed by atoms with Crippen LogP contribution < -0.4 is 0 Å². The molecule has 2 nitrogen and oxygen atoms in total. The van der Waals surface area contributed by atoms with Gasteiger partial charge in [0, 0.05) is 0 Å². The fraction of sp³-hybridized carbons (Fsp3) is 0.